The third-order valence-electron chi connectivity index (χ3n) is 4.80. The summed E-state index contributed by atoms with van der Waals surface area (Å²) in [7, 11) is 0. The number of anilines is 1. The van der Waals surface area contributed by atoms with Crippen LogP contribution >= 0.6 is 0 Å². The molecule has 2 aliphatic rings. The van der Waals surface area contributed by atoms with Crippen molar-refractivity contribution in [1.29, 1.82) is 0 Å². The van der Waals surface area contributed by atoms with Crippen molar-refractivity contribution < 1.29 is 0 Å². The number of hydrogen-bond donors (Lipinski definition) is 1. The zero-order valence-corrected chi connectivity index (χ0v) is 12.1. The summed E-state index contributed by atoms with van der Waals surface area (Å²) in [4.78, 5) is 2.71. The second kappa shape index (κ2) is 5.96. The lowest BCUT2D eigenvalue weighted by atomic mass is 9.93. The molecule has 104 valence electrons. The first-order valence-electron chi connectivity index (χ1n) is 7.95. The van der Waals surface area contributed by atoms with Crippen molar-refractivity contribution >= 4 is 5.69 Å². The van der Waals surface area contributed by atoms with Gasteiger partial charge in [-0.25, -0.2) is 0 Å². The quantitative estimate of drug-likeness (QED) is 0.886. The van der Waals surface area contributed by atoms with Gasteiger partial charge in [0.2, 0.25) is 0 Å². The first-order valence-corrected chi connectivity index (χ1v) is 7.95. The van der Waals surface area contributed by atoms with E-state index in [1.54, 1.807) is 0 Å². The molecule has 0 aromatic heterocycles. The van der Waals surface area contributed by atoms with Gasteiger partial charge in [-0.2, -0.15) is 0 Å². The summed E-state index contributed by atoms with van der Waals surface area (Å²) in [5, 5.41) is 3.70. The van der Waals surface area contributed by atoms with Gasteiger partial charge in [-0.1, -0.05) is 44.4 Å². The van der Waals surface area contributed by atoms with E-state index in [0.717, 1.165) is 6.04 Å². The fourth-order valence-corrected chi connectivity index (χ4v) is 3.75. The van der Waals surface area contributed by atoms with Crippen LogP contribution in [0.15, 0.2) is 24.3 Å². The Bertz CT molecular complexity index is 384. The Kier molecular flexibility index (Phi) is 4.07. The van der Waals surface area contributed by atoms with E-state index in [1.807, 2.05) is 0 Å². The van der Waals surface area contributed by atoms with Crippen molar-refractivity contribution in [1.82, 2.24) is 4.90 Å². The summed E-state index contributed by atoms with van der Waals surface area (Å²) < 4.78 is 0. The SMILES string of the molecule is CCN(CC1Cc2ccccc2N1)C1CCCCC1. The lowest BCUT2D eigenvalue weighted by Gasteiger charge is -2.35. The van der Waals surface area contributed by atoms with E-state index in [1.165, 1.54) is 62.9 Å². The number of benzene rings is 1. The maximum Gasteiger partial charge on any atom is 0.0429 e. The number of nitrogens with one attached hydrogen (secondary N) is 1. The molecule has 2 heteroatoms. The fourth-order valence-electron chi connectivity index (χ4n) is 3.75. The lowest BCUT2D eigenvalue weighted by molar-refractivity contribution is 0.158. The molecule has 0 bridgehead atoms. The molecule has 1 unspecified atom stereocenters. The molecule has 1 fully saturated rings. The predicted octanol–water partition coefficient (Wildman–Crippen LogP) is 3.68. The number of rotatable bonds is 4. The third-order valence-corrected chi connectivity index (χ3v) is 4.80. The van der Waals surface area contributed by atoms with Crippen LogP contribution in [-0.2, 0) is 6.42 Å². The zero-order valence-electron chi connectivity index (χ0n) is 12.1. The lowest BCUT2D eigenvalue weighted by Crippen LogP contribution is -2.43. The van der Waals surface area contributed by atoms with Crippen LogP contribution in [0.1, 0.15) is 44.6 Å². The highest BCUT2D eigenvalue weighted by Gasteiger charge is 2.26. The van der Waals surface area contributed by atoms with Gasteiger partial charge in [0.05, 0.1) is 0 Å². The second-order valence-corrected chi connectivity index (χ2v) is 6.08. The van der Waals surface area contributed by atoms with Crippen molar-refractivity contribution in [3.05, 3.63) is 29.8 Å². The van der Waals surface area contributed by atoms with Crippen molar-refractivity contribution in [2.24, 2.45) is 0 Å². The Labute approximate surface area is 117 Å². The number of likely N-dealkylation sites (N-methyl/N-ethyl adjacent to an activating group) is 1. The van der Waals surface area contributed by atoms with Crippen LogP contribution in [-0.4, -0.2) is 30.1 Å². The molecule has 1 aliphatic carbocycles. The van der Waals surface area contributed by atoms with Gasteiger partial charge in [0.15, 0.2) is 0 Å². The Balaban J connectivity index is 1.59. The minimum atomic E-state index is 0.610. The largest absolute Gasteiger partial charge is 0.380 e. The Morgan fingerprint density at radius 1 is 1.16 bits per heavy atom. The number of fused-ring (bicyclic) bond motifs is 1. The summed E-state index contributed by atoms with van der Waals surface area (Å²) in [6.45, 7) is 4.71. The van der Waals surface area contributed by atoms with Crippen LogP contribution in [0.5, 0.6) is 0 Å². The highest BCUT2D eigenvalue weighted by atomic mass is 15.2. The van der Waals surface area contributed by atoms with Crippen molar-refractivity contribution in [2.75, 3.05) is 18.4 Å². The fraction of sp³-hybridized carbons (Fsp3) is 0.647. The first-order chi connectivity index (χ1) is 9.36. The number of para-hydroxylation sites is 1. The highest BCUT2D eigenvalue weighted by Crippen LogP contribution is 2.27. The molecule has 1 saturated carbocycles. The molecule has 1 N–H and O–H groups in total. The average molecular weight is 258 g/mol. The maximum absolute atomic E-state index is 3.70. The molecule has 0 spiro atoms. The van der Waals surface area contributed by atoms with E-state index in [0.29, 0.717) is 6.04 Å². The standard InChI is InChI=1S/C17H26N2/c1-2-19(16-9-4-3-5-10-16)13-15-12-14-8-6-7-11-17(14)18-15/h6-8,11,15-16,18H,2-5,9-10,12-13H2,1H3. The molecule has 1 aromatic rings. The molecule has 1 heterocycles. The molecular formula is C17H26N2. The van der Waals surface area contributed by atoms with Gasteiger partial charge in [-0.05, 0) is 37.4 Å². The van der Waals surface area contributed by atoms with Gasteiger partial charge < -0.3 is 5.32 Å². The summed E-state index contributed by atoms with van der Waals surface area (Å²) in [5.41, 5.74) is 2.85. The van der Waals surface area contributed by atoms with Crippen LogP contribution in [0.3, 0.4) is 0 Å². The van der Waals surface area contributed by atoms with Crippen molar-refractivity contribution in [3.8, 4) is 0 Å². The van der Waals surface area contributed by atoms with Crippen molar-refractivity contribution in [2.45, 2.75) is 57.5 Å². The normalized spacial score (nSPS) is 23.4. The molecule has 2 nitrogen and oxygen atoms in total. The van der Waals surface area contributed by atoms with Gasteiger partial charge in [0.1, 0.15) is 0 Å². The molecule has 1 aromatic carbocycles. The average Bonchev–Trinajstić information content (AvgIpc) is 2.88. The first kappa shape index (κ1) is 13.0. The summed E-state index contributed by atoms with van der Waals surface area (Å²) >= 11 is 0. The molecule has 1 atom stereocenters. The highest BCUT2D eigenvalue weighted by molar-refractivity contribution is 5.56. The van der Waals surface area contributed by atoms with E-state index < -0.39 is 0 Å². The molecule has 0 saturated heterocycles. The van der Waals surface area contributed by atoms with Gasteiger partial charge in [-0.3, -0.25) is 4.90 Å². The molecule has 3 rings (SSSR count). The Hall–Kier alpha value is -1.02. The minimum absolute atomic E-state index is 0.610. The minimum Gasteiger partial charge on any atom is -0.380 e. The van der Waals surface area contributed by atoms with Crippen LogP contribution in [0.2, 0.25) is 0 Å². The van der Waals surface area contributed by atoms with E-state index in [-0.39, 0.29) is 0 Å². The third kappa shape index (κ3) is 2.94. The van der Waals surface area contributed by atoms with Crippen LogP contribution < -0.4 is 5.32 Å². The second-order valence-electron chi connectivity index (χ2n) is 6.08. The Morgan fingerprint density at radius 3 is 2.68 bits per heavy atom. The zero-order chi connectivity index (χ0) is 13.1. The molecular weight excluding hydrogens is 232 g/mol. The summed E-state index contributed by atoms with van der Waals surface area (Å²) in [5.74, 6) is 0. The van der Waals surface area contributed by atoms with E-state index in [4.69, 9.17) is 0 Å². The molecule has 19 heavy (non-hydrogen) atoms. The topological polar surface area (TPSA) is 15.3 Å². The van der Waals surface area contributed by atoms with Gasteiger partial charge >= 0.3 is 0 Å². The number of hydrogen-bond acceptors (Lipinski definition) is 2. The monoisotopic (exact) mass is 258 g/mol. The molecule has 0 amide bonds. The molecule has 0 radical (unpaired) electrons. The van der Waals surface area contributed by atoms with Crippen molar-refractivity contribution in [3.63, 3.8) is 0 Å². The Morgan fingerprint density at radius 2 is 1.95 bits per heavy atom. The van der Waals surface area contributed by atoms with Crippen LogP contribution in [0.4, 0.5) is 5.69 Å². The van der Waals surface area contributed by atoms with E-state index >= 15 is 0 Å². The molecule has 1 aliphatic heterocycles. The van der Waals surface area contributed by atoms with E-state index in [2.05, 4.69) is 41.4 Å². The maximum atomic E-state index is 3.70. The van der Waals surface area contributed by atoms with Crippen LogP contribution in [0, 0.1) is 0 Å². The van der Waals surface area contributed by atoms with Gasteiger partial charge in [0, 0.05) is 24.3 Å². The summed E-state index contributed by atoms with van der Waals surface area (Å²) in [6.07, 6.45) is 8.32. The van der Waals surface area contributed by atoms with E-state index in [9.17, 15) is 0 Å². The predicted molar refractivity (Wildman–Crippen MR) is 81.7 cm³/mol. The van der Waals surface area contributed by atoms with Gasteiger partial charge in [-0.15, -0.1) is 0 Å². The van der Waals surface area contributed by atoms with Crippen LogP contribution in [0.25, 0.3) is 0 Å². The summed E-state index contributed by atoms with van der Waals surface area (Å²) in [6, 6.07) is 10.2. The number of nitrogens with zero attached hydrogens (tertiary/aromatic N) is 1. The smallest absolute Gasteiger partial charge is 0.0429 e. The van der Waals surface area contributed by atoms with Gasteiger partial charge in [0.25, 0.3) is 0 Å².